The van der Waals surface area contributed by atoms with Gasteiger partial charge in [-0.25, -0.2) is 0 Å². The molecule has 1 saturated carbocycles. The number of hydrogen-bond donors (Lipinski definition) is 2. The van der Waals surface area contributed by atoms with Crippen LogP contribution >= 0.6 is 0 Å². The van der Waals surface area contributed by atoms with Gasteiger partial charge in [0.2, 0.25) is 11.8 Å². The smallest absolute Gasteiger partial charge is 0.246 e. The third-order valence-electron chi connectivity index (χ3n) is 5.85. The van der Waals surface area contributed by atoms with Gasteiger partial charge in [0.05, 0.1) is 6.10 Å². The first-order chi connectivity index (χ1) is 12.7. The first kappa shape index (κ1) is 15.9. The molecule has 1 aromatic carbocycles. The van der Waals surface area contributed by atoms with Crippen molar-refractivity contribution < 1.29 is 14.3 Å². The van der Waals surface area contributed by atoms with Gasteiger partial charge in [0, 0.05) is 36.7 Å². The van der Waals surface area contributed by atoms with Crippen LogP contribution in [0.1, 0.15) is 24.8 Å². The first-order valence-electron chi connectivity index (χ1n) is 9.48. The average molecular weight is 353 g/mol. The van der Waals surface area contributed by atoms with Gasteiger partial charge in [-0.2, -0.15) is 0 Å². The van der Waals surface area contributed by atoms with Crippen molar-refractivity contribution in [2.75, 3.05) is 13.2 Å². The Morgan fingerprint density at radius 3 is 2.85 bits per heavy atom. The van der Waals surface area contributed by atoms with Crippen LogP contribution in [0.5, 0.6) is 0 Å². The lowest BCUT2D eigenvalue weighted by Crippen LogP contribution is -2.64. The molecule has 3 atom stereocenters. The van der Waals surface area contributed by atoms with Gasteiger partial charge in [-0.1, -0.05) is 18.2 Å². The highest BCUT2D eigenvalue weighted by atomic mass is 16.5. The molecule has 6 nitrogen and oxygen atoms in total. The van der Waals surface area contributed by atoms with Crippen molar-refractivity contribution >= 4 is 22.7 Å². The van der Waals surface area contributed by atoms with Crippen LogP contribution in [0.15, 0.2) is 30.5 Å². The molecule has 2 amide bonds. The van der Waals surface area contributed by atoms with Crippen molar-refractivity contribution in [3.8, 4) is 0 Å². The van der Waals surface area contributed by atoms with Crippen molar-refractivity contribution in [1.29, 1.82) is 0 Å². The predicted octanol–water partition coefficient (Wildman–Crippen LogP) is 1.60. The van der Waals surface area contributed by atoms with E-state index in [0.29, 0.717) is 18.9 Å². The number of para-hydroxylation sites is 1. The zero-order valence-electron chi connectivity index (χ0n) is 14.6. The molecule has 3 unspecified atom stereocenters. The number of amides is 2. The fourth-order valence-corrected chi connectivity index (χ4v) is 4.22. The summed E-state index contributed by atoms with van der Waals surface area (Å²) in [5.41, 5.74) is 2.10. The van der Waals surface area contributed by atoms with Crippen LogP contribution < -0.4 is 5.32 Å². The van der Waals surface area contributed by atoms with E-state index >= 15 is 0 Å². The summed E-state index contributed by atoms with van der Waals surface area (Å²) in [6, 6.07) is 7.06. The zero-order chi connectivity index (χ0) is 17.7. The summed E-state index contributed by atoms with van der Waals surface area (Å²) in [6.07, 6.45) is 5.47. The molecule has 2 saturated heterocycles. The van der Waals surface area contributed by atoms with E-state index in [-0.39, 0.29) is 17.9 Å². The number of nitrogens with one attached hydrogen (secondary N) is 2. The average Bonchev–Trinajstić information content (AvgIpc) is 3.24. The van der Waals surface area contributed by atoms with Crippen LogP contribution in [0.2, 0.25) is 0 Å². The normalized spacial score (nSPS) is 28.5. The molecule has 3 aliphatic rings. The van der Waals surface area contributed by atoms with Crippen LogP contribution in [0.4, 0.5) is 0 Å². The number of carbonyl (C=O) groups is 2. The Hall–Kier alpha value is -2.34. The van der Waals surface area contributed by atoms with Gasteiger partial charge in [0.1, 0.15) is 12.1 Å². The minimum atomic E-state index is -0.500. The summed E-state index contributed by atoms with van der Waals surface area (Å²) in [5, 5.41) is 4.05. The number of piperazine rings is 1. The van der Waals surface area contributed by atoms with Crippen LogP contribution in [0.25, 0.3) is 10.9 Å². The number of aromatic nitrogens is 1. The SMILES string of the molecule is O=C1NC(Cc2c[nH]c3ccccc23)C(=O)N2CCC(OCC3CC3)C12. The number of fused-ring (bicyclic) bond motifs is 2. The monoisotopic (exact) mass is 353 g/mol. The maximum absolute atomic E-state index is 13.0. The van der Waals surface area contributed by atoms with E-state index in [1.807, 2.05) is 30.5 Å². The maximum Gasteiger partial charge on any atom is 0.246 e. The Bertz CT molecular complexity index is 857. The van der Waals surface area contributed by atoms with Gasteiger partial charge in [-0.3, -0.25) is 9.59 Å². The van der Waals surface area contributed by atoms with E-state index in [4.69, 9.17) is 4.74 Å². The largest absolute Gasteiger partial charge is 0.375 e. The zero-order valence-corrected chi connectivity index (χ0v) is 14.6. The summed E-state index contributed by atoms with van der Waals surface area (Å²) in [6.45, 7) is 1.33. The second-order valence-electron chi connectivity index (χ2n) is 7.71. The molecule has 136 valence electrons. The Kier molecular flexibility index (Phi) is 3.74. The van der Waals surface area contributed by atoms with Crippen LogP contribution in [-0.4, -0.2) is 53.0 Å². The van der Waals surface area contributed by atoms with E-state index in [9.17, 15) is 9.59 Å². The highest BCUT2D eigenvalue weighted by molar-refractivity contribution is 5.98. The fraction of sp³-hybridized carbons (Fsp3) is 0.500. The van der Waals surface area contributed by atoms with E-state index in [1.54, 1.807) is 4.90 Å². The van der Waals surface area contributed by atoms with Gasteiger partial charge >= 0.3 is 0 Å². The topological polar surface area (TPSA) is 74.4 Å². The predicted molar refractivity (Wildman–Crippen MR) is 96.5 cm³/mol. The van der Waals surface area contributed by atoms with E-state index in [0.717, 1.165) is 29.5 Å². The number of hydrogen-bond acceptors (Lipinski definition) is 3. The molecule has 2 aromatic rings. The lowest BCUT2D eigenvalue weighted by molar-refractivity contribution is -0.150. The molecular weight excluding hydrogens is 330 g/mol. The molecule has 3 fully saturated rings. The van der Waals surface area contributed by atoms with Crippen LogP contribution in [0.3, 0.4) is 0 Å². The second-order valence-corrected chi connectivity index (χ2v) is 7.71. The minimum Gasteiger partial charge on any atom is -0.375 e. The summed E-state index contributed by atoms with van der Waals surface area (Å²) in [5.74, 6) is 0.589. The molecule has 1 aromatic heterocycles. The Balaban J connectivity index is 1.32. The van der Waals surface area contributed by atoms with Crippen LogP contribution in [0, 0.1) is 5.92 Å². The molecule has 6 heteroatoms. The Labute approximate surface area is 151 Å². The number of benzene rings is 1. The molecule has 26 heavy (non-hydrogen) atoms. The molecule has 2 aliphatic heterocycles. The molecule has 2 N–H and O–H groups in total. The number of rotatable bonds is 5. The van der Waals surface area contributed by atoms with Crippen molar-refractivity contribution in [3.05, 3.63) is 36.0 Å². The molecule has 1 aliphatic carbocycles. The molecular formula is C20H23N3O3. The molecule has 0 radical (unpaired) electrons. The van der Waals surface area contributed by atoms with Gasteiger partial charge in [0.25, 0.3) is 0 Å². The highest BCUT2D eigenvalue weighted by Gasteiger charge is 2.49. The summed E-state index contributed by atoms with van der Waals surface area (Å²) >= 11 is 0. The van der Waals surface area contributed by atoms with E-state index < -0.39 is 12.1 Å². The Morgan fingerprint density at radius 1 is 1.15 bits per heavy atom. The van der Waals surface area contributed by atoms with Crippen molar-refractivity contribution in [2.45, 2.75) is 43.9 Å². The number of carbonyl (C=O) groups excluding carboxylic acids is 2. The number of H-pyrrole nitrogens is 1. The van der Waals surface area contributed by atoms with Gasteiger partial charge < -0.3 is 19.9 Å². The van der Waals surface area contributed by atoms with E-state index in [1.165, 1.54) is 12.8 Å². The number of aromatic amines is 1. The van der Waals surface area contributed by atoms with Gasteiger partial charge in [-0.15, -0.1) is 0 Å². The fourth-order valence-electron chi connectivity index (χ4n) is 4.22. The van der Waals surface area contributed by atoms with Crippen LogP contribution in [-0.2, 0) is 20.7 Å². The highest BCUT2D eigenvalue weighted by Crippen LogP contribution is 2.32. The molecule has 3 heterocycles. The van der Waals surface area contributed by atoms with Gasteiger partial charge in [0.15, 0.2) is 0 Å². The second kappa shape index (κ2) is 6.13. The van der Waals surface area contributed by atoms with E-state index in [2.05, 4.69) is 10.3 Å². The minimum absolute atomic E-state index is 0.0115. The number of ether oxygens (including phenoxy) is 1. The maximum atomic E-state index is 13.0. The number of nitrogens with zero attached hydrogens (tertiary/aromatic N) is 1. The molecule has 0 bridgehead atoms. The van der Waals surface area contributed by atoms with Crippen molar-refractivity contribution in [1.82, 2.24) is 15.2 Å². The Morgan fingerprint density at radius 2 is 2.00 bits per heavy atom. The lowest BCUT2D eigenvalue weighted by atomic mass is 10.00. The standard InChI is InChI=1S/C20H23N3O3/c24-19-18-17(26-11-12-5-6-12)7-8-23(18)20(25)16(22-19)9-13-10-21-15-4-2-1-3-14(13)15/h1-4,10,12,16-18,21H,5-9,11H2,(H,22,24). The summed E-state index contributed by atoms with van der Waals surface area (Å²) < 4.78 is 5.95. The van der Waals surface area contributed by atoms with Gasteiger partial charge in [-0.05, 0) is 36.8 Å². The molecule has 5 rings (SSSR count). The first-order valence-corrected chi connectivity index (χ1v) is 9.48. The lowest BCUT2D eigenvalue weighted by Gasteiger charge is -2.36. The summed E-state index contributed by atoms with van der Waals surface area (Å²) in [7, 11) is 0. The van der Waals surface area contributed by atoms with Crippen molar-refractivity contribution in [3.63, 3.8) is 0 Å². The van der Waals surface area contributed by atoms with Crippen molar-refractivity contribution in [2.24, 2.45) is 5.92 Å². The summed E-state index contributed by atoms with van der Waals surface area (Å²) in [4.78, 5) is 30.6. The third-order valence-corrected chi connectivity index (χ3v) is 5.85. The third kappa shape index (κ3) is 2.69. The molecule has 0 spiro atoms. The quantitative estimate of drug-likeness (QED) is 0.858.